The number of fused-ring (bicyclic) bond motifs is 1. The van der Waals surface area contributed by atoms with Gasteiger partial charge in [0.1, 0.15) is 17.6 Å². The zero-order chi connectivity index (χ0) is 24.9. The van der Waals surface area contributed by atoms with Gasteiger partial charge in [-0.2, -0.15) is 0 Å². The molecule has 190 valence electrons. The molecule has 34 heavy (non-hydrogen) atoms. The lowest BCUT2D eigenvalue weighted by atomic mass is 9.66. The van der Waals surface area contributed by atoms with Crippen molar-refractivity contribution in [2.75, 3.05) is 32.8 Å². The fourth-order valence-corrected chi connectivity index (χ4v) is 6.03. The number of ether oxygens (including phenoxy) is 2. The Hall–Kier alpha value is -2.19. The Labute approximate surface area is 202 Å². The second-order valence-electron chi connectivity index (χ2n) is 9.86. The Morgan fingerprint density at radius 1 is 1.26 bits per heavy atom. The van der Waals surface area contributed by atoms with Gasteiger partial charge in [0.05, 0.1) is 24.7 Å². The van der Waals surface area contributed by atoms with Gasteiger partial charge in [-0.3, -0.25) is 14.4 Å². The van der Waals surface area contributed by atoms with Crippen LogP contribution < -0.4 is 0 Å². The highest BCUT2D eigenvalue weighted by atomic mass is 16.6. The third kappa shape index (κ3) is 4.54. The van der Waals surface area contributed by atoms with Crippen molar-refractivity contribution >= 4 is 17.8 Å². The molecule has 1 spiro atoms. The van der Waals surface area contributed by atoms with Crippen LogP contribution in [-0.2, 0) is 23.9 Å². The van der Waals surface area contributed by atoms with E-state index in [1.165, 1.54) is 4.90 Å². The maximum atomic E-state index is 13.8. The van der Waals surface area contributed by atoms with Crippen LogP contribution in [0.15, 0.2) is 25.3 Å². The quantitative estimate of drug-likeness (QED) is 0.235. The molecule has 0 radical (unpaired) electrons. The molecule has 2 unspecified atom stereocenters. The van der Waals surface area contributed by atoms with Crippen molar-refractivity contribution in [3.05, 3.63) is 25.3 Å². The number of aliphatic hydroxyl groups excluding tert-OH is 1. The summed E-state index contributed by atoms with van der Waals surface area (Å²) in [5.74, 6) is -2.51. The van der Waals surface area contributed by atoms with E-state index in [2.05, 4.69) is 20.1 Å². The molecule has 2 amide bonds. The molecule has 1 N–H and O–H groups in total. The lowest BCUT2D eigenvalue weighted by molar-refractivity contribution is -0.160. The van der Waals surface area contributed by atoms with E-state index < -0.39 is 35.0 Å². The number of likely N-dealkylation sites (tertiary alicyclic amines) is 1. The number of nitrogens with zero attached hydrogens (tertiary/aromatic N) is 2. The van der Waals surface area contributed by atoms with Crippen LogP contribution in [0.25, 0.3) is 0 Å². The number of unbranched alkanes of at least 4 members (excludes halogenated alkanes) is 3. The molecule has 3 heterocycles. The molecule has 0 aliphatic carbocycles. The highest BCUT2D eigenvalue weighted by molar-refractivity contribution is 5.98. The molecule has 0 saturated carbocycles. The van der Waals surface area contributed by atoms with E-state index in [0.717, 1.165) is 32.1 Å². The van der Waals surface area contributed by atoms with Crippen LogP contribution >= 0.6 is 0 Å². The molecule has 3 rings (SSSR count). The van der Waals surface area contributed by atoms with Crippen molar-refractivity contribution in [2.24, 2.45) is 11.8 Å². The molecular formula is C26H40N2O6. The normalized spacial score (nSPS) is 31.4. The summed E-state index contributed by atoms with van der Waals surface area (Å²) in [4.78, 5) is 43.9. The Morgan fingerprint density at radius 3 is 2.68 bits per heavy atom. The lowest BCUT2D eigenvalue weighted by Gasteiger charge is -2.36. The summed E-state index contributed by atoms with van der Waals surface area (Å²) >= 11 is 0. The largest absolute Gasteiger partial charge is 0.465 e. The van der Waals surface area contributed by atoms with E-state index in [1.807, 2.05) is 13.0 Å². The number of esters is 1. The van der Waals surface area contributed by atoms with Gasteiger partial charge in [0.2, 0.25) is 11.8 Å². The number of carbonyl (C=O) groups excluding carboxylic acids is 3. The van der Waals surface area contributed by atoms with Gasteiger partial charge < -0.3 is 24.4 Å². The molecule has 8 nitrogen and oxygen atoms in total. The highest BCUT2D eigenvalue weighted by Gasteiger charge is 2.78. The van der Waals surface area contributed by atoms with Gasteiger partial charge in [0, 0.05) is 19.6 Å². The SMILES string of the molecule is C=CCCCCOC(=O)[C@H]1[C@H]2C(=O)N(CCO)C(C(=O)N(CC=C)CCCC)C23CC[C@]1(C)O3. The van der Waals surface area contributed by atoms with Crippen LogP contribution in [0, 0.1) is 11.8 Å². The lowest BCUT2D eigenvalue weighted by Crippen LogP contribution is -2.56. The van der Waals surface area contributed by atoms with Crippen LogP contribution in [0.5, 0.6) is 0 Å². The number of hydrogen-bond acceptors (Lipinski definition) is 6. The van der Waals surface area contributed by atoms with Gasteiger partial charge in [-0.15, -0.1) is 13.2 Å². The van der Waals surface area contributed by atoms with Crippen LogP contribution in [0.2, 0.25) is 0 Å². The van der Waals surface area contributed by atoms with Crippen LogP contribution in [0.1, 0.15) is 58.8 Å². The predicted molar refractivity (Wildman–Crippen MR) is 128 cm³/mol. The molecule has 0 aromatic heterocycles. The molecule has 3 saturated heterocycles. The average molecular weight is 477 g/mol. The van der Waals surface area contributed by atoms with Gasteiger partial charge in [0.25, 0.3) is 0 Å². The van der Waals surface area contributed by atoms with Gasteiger partial charge in [-0.05, 0) is 45.4 Å². The van der Waals surface area contributed by atoms with E-state index in [9.17, 15) is 19.5 Å². The first-order valence-electron chi connectivity index (χ1n) is 12.6. The standard InChI is InChI=1S/C26H40N2O6/c1-5-8-10-11-18-33-24(32)20-19-22(30)28(16-17-29)21(26(19)13-12-25(20,4)34-26)23(31)27(14-7-3)15-9-6-2/h5,7,19-21,29H,1,3,6,8-18H2,2,4H3/t19-,20+,21?,25-,26?/m0/s1. The zero-order valence-corrected chi connectivity index (χ0v) is 20.7. The number of aliphatic hydroxyl groups is 1. The number of β-amino-alcohol motifs (C(OH)–C–C–N with tert-alkyl or cyclic N) is 1. The van der Waals surface area contributed by atoms with Gasteiger partial charge in [-0.25, -0.2) is 0 Å². The zero-order valence-electron chi connectivity index (χ0n) is 20.7. The number of amides is 2. The van der Waals surface area contributed by atoms with Crippen molar-refractivity contribution in [1.29, 1.82) is 0 Å². The summed E-state index contributed by atoms with van der Waals surface area (Å²) < 4.78 is 12.1. The van der Waals surface area contributed by atoms with E-state index in [4.69, 9.17) is 9.47 Å². The number of rotatable bonds is 14. The van der Waals surface area contributed by atoms with E-state index in [-0.39, 0.29) is 31.6 Å². The van der Waals surface area contributed by atoms with Crippen molar-refractivity contribution in [1.82, 2.24) is 9.80 Å². The molecule has 3 aliphatic heterocycles. The van der Waals surface area contributed by atoms with E-state index in [1.54, 1.807) is 11.0 Å². The van der Waals surface area contributed by atoms with Crippen LogP contribution in [0.3, 0.4) is 0 Å². The summed E-state index contributed by atoms with van der Waals surface area (Å²) in [6, 6.07) is -0.874. The van der Waals surface area contributed by atoms with Crippen molar-refractivity contribution in [2.45, 2.75) is 76.0 Å². The molecule has 2 bridgehead atoms. The maximum absolute atomic E-state index is 13.8. The summed E-state index contributed by atoms with van der Waals surface area (Å²) in [6.07, 6.45) is 8.79. The summed E-state index contributed by atoms with van der Waals surface area (Å²) in [6.45, 7) is 12.3. The molecule has 3 fully saturated rings. The summed E-state index contributed by atoms with van der Waals surface area (Å²) in [5, 5.41) is 9.70. The maximum Gasteiger partial charge on any atom is 0.312 e. The number of allylic oxidation sites excluding steroid dienone is 1. The minimum atomic E-state index is -1.09. The summed E-state index contributed by atoms with van der Waals surface area (Å²) in [7, 11) is 0. The first-order chi connectivity index (χ1) is 16.3. The third-order valence-electron chi connectivity index (χ3n) is 7.60. The van der Waals surface area contributed by atoms with Crippen LogP contribution in [-0.4, -0.2) is 82.8 Å². The smallest absolute Gasteiger partial charge is 0.312 e. The van der Waals surface area contributed by atoms with Gasteiger partial charge in [-0.1, -0.05) is 25.5 Å². The van der Waals surface area contributed by atoms with Crippen molar-refractivity contribution < 1.29 is 29.0 Å². The van der Waals surface area contributed by atoms with Gasteiger partial charge in [0.15, 0.2) is 0 Å². The predicted octanol–water partition coefficient (Wildman–Crippen LogP) is 2.46. The molecular weight excluding hydrogens is 436 g/mol. The molecule has 0 aromatic carbocycles. The Bertz CT molecular complexity index is 800. The summed E-state index contributed by atoms with van der Waals surface area (Å²) in [5.41, 5.74) is -1.94. The van der Waals surface area contributed by atoms with Gasteiger partial charge >= 0.3 is 5.97 Å². The van der Waals surface area contributed by atoms with E-state index in [0.29, 0.717) is 25.9 Å². The van der Waals surface area contributed by atoms with Crippen molar-refractivity contribution in [3.8, 4) is 0 Å². The minimum Gasteiger partial charge on any atom is -0.465 e. The first kappa shape index (κ1) is 26.4. The minimum absolute atomic E-state index is 0.0204. The monoisotopic (exact) mass is 476 g/mol. The molecule has 0 aromatic rings. The Balaban J connectivity index is 1.90. The third-order valence-corrected chi connectivity index (χ3v) is 7.60. The fraction of sp³-hybridized carbons (Fsp3) is 0.731. The van der Waals surface area contributed by atoms with E-state index >= 15 is 0 Å². The average Bonchev–Trinajstić information content (AvgIpc) is 3.37. The topological polar surface area (TPSA) is 96.4 Å². The van der Waals surface area contributed by atoms with Crippen LogP contribution in [0.4, 0.5) is 0 Å². The molecule has 5 atom stereocenters. The fourth-order valence-electron chi connectivity index (χ4n) is 6.03. The first-order valence-corrected chi connectivity index (χ1v) is 12.6. The number of hydrogen-bond donors (Lipinski definition) is 1. The highest BCUT2D eigenvalue weighted by Crippen LogP contribution is 2.63. The van der Waals surface area contributed by atoms with Crippen molar-refractivity contribution in [3.63, 3.8) is 0 Å². The second-order valence-corrected chi connectivity index (χ2v) is 9.86. The molecule has 8 heteroatoms. The Morgan fingerprint density at radius 2 is 2.03 bits per heavy atom. The Kier molecular flexibility index (Phi) is 8.57. The second kappa shape index (κ2) is 11.0. The molecule has 3 aliphatic rings. The number of carbonyl (C=O) groups is 3.